The summed E-state index contributed by atoms with van der Waals surface area (Å²) in [6.45, 7) is 0. The van der Waals surface area contributed by atoms with Crippen molar-refractivity contribution < 1.29 is 23.6 Å². The number of nitrogens with zero attached hydrogens (tertiary/aromatic N) is 2. The second-order valence-electron chi connectivity index (χ2n) is 3.24. The van der Waals surface area contributed by atoms with E-state index in [1.54, 1.807) is 0 Å². The lowest BCUT2D eigenvalue weighted by molar-refractivity contribution is 0.0697. The van der Waals surface area contributed by atoms with Gasteiger partial charge in [0, 0.05) is 19.8 Å². The lowest BCUT2D eigenvalue weighted by Crippen LogP contribution is -2.05. The fourth-order valence-corrected chi connectivity index (χ4v) is 2.01. The summed E-state index contributed by atoms with van der Waals surface area (Å²) in [5.41, 5.74) is -0.106. The minimum absolute atomic E-state index is 0.114. The number of nitrogens with one attached hydrogen (secondary N) is 1. The molecule has 8 nitrogen and oxygen atoms in total. The summed E-state index contributed by atoms with van der Waals surface area (Å²) in [5.74, 6) is -1.21. The number of hydrogen-bond donors (Lipinski definition) is 5. The molecule has 0 fully saturated rings. The number of carboxylic acids is 1. The predicted molar refractivity (Wildman–Crippen MR) is 67.1 cm³/mol. The highest BCUT2D eigenvalue weighted by atomic mass is 32.3. The van der Waals surface area contributed by atoms with Crippen molar-refractivity contribution in [2.75, 3.05) is 19.4 Å². The third-order valence-electron chi connectivity index (χ3n) is 2.10. The van der Waals surface area contributed by atoms with Gasteiger partial charge in [-0.15, -0.1) is 0 Å². The molecule has 100 valence electrons. The van der Waals surface area contributed by atoms with Gasteiger partial charge in [0.25, 0.3) is 0 Å². The zero-order valence-corrected chi connectivity index (χ0v) is 10.5. The van der Waals surface area contributed by atoms with E-state index in [2.05, 4.69) is 15.5 Å². The third-order valence-corrected chi connectivity index (χ3v) is 3.02. The van der Waals surface area contributed by atoms with Gasteiger partial charge in [0.05, 0.1) is 10.5 Å². The molecular weight excluding hydrogens is 262 g/mol. The Kier molecular flexibility index (Phi) is 4.24. The number of carbonyl (C=O) groups is 1. The molecule has 0 radical (unpaired) electrons. The first kappa shape index (κ1) is 14.4. The number of azo groups is 1. The summed E-state index contributed by atoms with van der Waals surface area (Å²) < 4.78 is 27.8. The first-order valence-corrected chi connectivity index (χ1v) is 6.21. The summed E-state index contributed by atoms with van der Waals surface area (Å²) in [6.07, 6.45) is 0. The number of hydrogen-bond acceptors (Lipinski definition) is 7. The molecule has 0 amide bonds. The highest BCUT2D eigenvalue weighted by Crippen LogP contribution is 2.50. The van der Waals surface area contributed by atoms with Gasteiger partial charge in [0.2, 0.25) is 0 Å². The van der Waals surface area contributed by atoms with Crippen molar-refractivity contribution >= 4 is 28.2 Å². The Morgan fingerprint density at radius 2 is 1.94 bits per heavy atom. The van der Waals surface area contributed by atoms with Crippen LogP contribution in [0.15, 0.2) is 27.3 Å². The minimum Gasteiger partial charge on any atom is -0.478 e. The Labute approximate surface area is 105 Å². The lowest BCUT2D eigenvalue weighted by Gasteiger charge is -2.22. The largest absolute Gasteiger partial charge is 0.478 e. The first-order chi connectivity index (χ1) is 8.31. The lowest BCUT2D eigenvalue weighted by atomic mass is 10.1. The molecule has 9 heteroatoms. The molecule has 1 aromatic rings. The average Bonchev–Trinajstić information content (AvgIpc) is 2.27. The van der Waals surface area contributed by atoms with Gasteiger partial charge in [0.1, 0.15) is 16.6 Å². The molecule has 1 rings (SSSR count). The van der Waals surface area contributed by atoms with E-state index in [0.29, 0.717) is 0 Å². The SMILES string of the molecule is CN=Nc1cc(C(=O)O)c(NC)cc1S(O)(O)O. The zero-order chi connectivity index (χ0) is 13.9. The van der Waals surface area contributed by atoms with Crippen molar-refractivity contribution in [2.45, 2.75) is 4.90 Å². The Balaban J connectivity index is 3.57. The molecule has 0 bridgehead atoms. The molecule has 0 unspecified atom stereocenters. The smallest absolute Gasteiger partial charge is 0.337 e. The highest BCUT2D eigenvalue weighted by molar-refractivity contribution is 8.19. The van der Waals surface area contributed by atoms with Crippen LogP contribution in [0.1, 0.15) is 10.4 Å². The van der Waals surface area contributed by atoms with E-state index in [-0.39, 0.29) is 21.8 Å². The Morgan fingerprint density at radius 1 is 1.33 bits per heavy atom. The van der Waals surface area contributed by atoms with Crippen LogP contribution < -0.4 is 5.32 Å². The minimum atomic E-state index is -4.02. The molecule has 0 aromatic heterocycles. The summed E-state index contributed by atoms with van der Waals surface area (Å²) in [6, 6.07) is 2.21. The van der Waals surface area contributed by atoms with E-state index in [4.69, 9.17) is 5.11 Å². The van der Waals surface area contributed by atoms with E-state index in [0.717, 1.165) is 12.1 Å². The van der Waals surface area contributed by atoms with Crippen LogP contribution in [0.3, 0.4) is 0 Å². The number of rotatable bonds is 4. The van der Waals surface area contributed by atoms with Crippen LogP contribution in [0.25, 0.3) is 0 Å². The van der Waals surface area contributed by atoms with Crippen LogP contribution >= 0.6 is 10.9 Å². The maximum Gasteiger partial charge on any atom is 0.337 e. The number of anilines is 1. The van der Waals surface area contributed by atoms with Crippen LogP contribution in [0.4, 0.5) is 11.4 Å². The molecule has 5 N–H and O–H groups in total. The Morgan fingerprint density at radius 3 is 2.33 bits per heavy atom. The molecular formula is C9H13N3O5S. The first-order valence-electron chi connectivity index (χ1n) is 4.71. The predicted octanol–water partition coefficient (Wildman–Crippen LogP) is 2.72. The number of carboxylic acid groups (broad SMARTS) is 1. The number of aromatic carboxylic acids is 1. The Hall–Kier alpha value is -1.68. The zero-order valence-electron chi connectivity index (χ0n) is 9.65. The summed E-state index contributed by atoms with van der Waals surface area (Å²) in [5, 5.41) is 18.6. The van der Waals surface area contributed by atoms with E-state index in [9.17, 15) is 18.5 Å². The van der Waals surface area contributed by atoms with Gasteiger partial charge in [-0.1, -0.05) is 0 Å². The van der Waals surface area contributed by atoms with Gasteiger partial charge in [0.15, 0.2) is 0 Å². The fourth-order valence-electron chi connectivity index (χ4n) is 1.36. The van der Waals surface area contributed by atoms with E-state index in [1.165, 1.54) is 14.1 Å². The molecule has 1 aromatic carbocycles. The van der Waals surface area contributed by atoms with Crippen molar-refractivity contribution in [1.29, 1.82) is 0 Å². The van der Waals surface area contributed by atoms with Crippen LogP contribution in [-0.2, 0) is 0 Å². The average molecular weight is 275 g/mol. The maximum atomic E-state index is 11.0. The van der Waals surface area contributed by atoms with Crippen molar-refractivity contribution in [2.24, 2.45) is 10.2 Å². The topological polar surface area (TPSA) is 135 Å². The van der Waals surface area contributed by atoms with Crippen molar-refractivity contribution in [1.82, 2.24) is 0 Å². The maximum absolute atomic E-state index is 11.0. The third kappa shape index (κ3) is 2.96. The van der Waals surface area contributed by atoms with Gasteiger partial charge < -0.3 is 24.1 Å². The fraction of sp³-hybridized carbons (Fsp3) is 0.222. The van der Waals surface area contributed by atoms with E-state index in [1.807, 2.05) is 0 Å². The van der Waals surface area contributed by atoms with Crippen molar-refractivity contribution in [3.63, 3.8) is 0 Å². The standard InChI is InChI=1S/C9H13N3O5S/c1-10-6-4-8(18(15,16)17)7(12-11-2)3-5(6)9(13)14/h3-4,10,15-17H,1-2H3,(H,13,14). The molecule has 0 aliphatic carbocycles. The molecule has 18 heavy (non-hydrogen) atoms. The van der Waals surface area contributed by atoms with Crippen molar-refractivity contribution in [3.8, 4) is 0 Å². The van der Waals surface area contributed by atoms with Gasteiger partial charge in [-0.3, -0.25) is 0 Å². The summed E-state index contributed by atoms with van der Waals surface area (Å²) in [4.78, 5) is 10.7. The van der Waals surface area contributed by atoms with E-state index >= 15 is 0 Å². The van der Waals surface area contributed by atoms with Gasteiger partial charge in [-0.05, 0) is 12.1 Å². The van der Waals surface area contributed by atoms with Crippen LogP contribution in [-0.4, -0.2) is 38.8 Å². The van der Waals surface area contributed by atoms with Crippen LogP contribution in [0.5, 0.6) is 0 Å². The normalized spacial score (nSPS) is 12.7. The molecule has 0 heterocycles. The summed E-state index contributed by atoms with van der Waals surface area (Å²) >= 11 is 0. The molecule has 0 saturated carbocycles. The van der Waals surface area contributed by atoms with Crippen molar-refractivity contribution in [3.05, 3.63) is 17.7 Å². The van der Waals surface area contributed by atoms with Gasteiger partial charge in [-0.2, -0.15) is 10.2 Å². The molecule has 0 aliphatic heterocycles. The second-order valence-corrected chi connectivity index (χ2v) is 4.72. The van der Waals surface area contributed by atoms with Crippen LogP contribution in [0, 0.1) is 0 Å². The summed E-state index contributed by atoms with van der Waals surface area (Å²) in [7, 11) is -1.22. The molecule has 0 aliphatic rings. The van der Waals surface area contributed by atoms with E-state index < -0.39 is 16.8 Å². The van der Waals surface area contributed by atoms with Gasteiger partial charge in [-0.25, -0.2) is 4.79 Å². The van der Waals surface area contributed by atoms with Gasteiger partial charge >= 0.3 is 5.97 Å². The quantitative estimate of drug-likeness (QED) is 0.536. The Bertz CT molecular complexity index is 498. The highest BCUT2D eigenvalue weighted by Gasteiger charge is 2.24. The molecule has 0 saturated heterocycles. The van der Waals surface area contributed by atoms with Crippen LogP contribution in [0.2, 0.25) is 0 Å². The number of benzene rings is 1. The monoisotopic (exact) mass is 275 g/mol. The second kappa shape index (κ2) is 5.31. The molecule has 0 spiro atoms. The molecule has 0 atom stereocenters.